The van der Waals surface area contributed by atoms with E-state index in [1.807, 2.05) is 6.07 Å². The molecule has 0 saturated heterocycles. The van der Waals surface area contributed by atoms with Crippen LogP contribution in [0, 0.1) is 0 Å². The highest BCUT2D eigenvalue weighted by atomic mass is 79.9. The largest absolute Gasteiger partial charge is 0.359 e. The zero-order valence-corrected chi connectivity index (χ0v) is 14.7. The van der Waals surface area contributed by atoms with Crippen molar-refractivity contribution in [1.29, 1.82) is 0 Å². The van der Waals surface area contributed by atoms with Gasteiger partial charge in [0.2, 0.25) is 0 Å². The van der Waals surface area contributed by atoms with Crippen molar-refractivity contribution < 1.29 is 14.1 Å². The summed E-state index contributed by atoms with van der Waals surface area (Å²) in [6, 6.07) is 11.6. The first-order valence-electron chi connectivity index (χ1n) is 7.61. The van der Waals surface area contributed by atoms with E-state index in [4.69, 9.17) is 4.52 Å². The molecule has 1 aliphatic rings. The van der Waals surface area contributed by atoms with Gasteiger partial charge in [-0.3, -0.25) is 14.5 Å². The van der Waals surface area contributed by atoms with E-state index in [1.54, 1.807) is 49.5 Å². The molecule has 3 heterocycles. The molecule has 0 spiro atoms. The molecule has 1 aromatic carbocycles. The summed E-state index contributed by atoms with van der Waals surface area (Å²) in [4.78, 5) is 30.4. The Hall–Kier alpha value is -2.80. The van der Waals surface area contributed by atoms with Crippen molar-refractivity contribution >= 4 is 27.7 Å². The Morgan fingerprint density at radius 1 is 1.08 bits per heavy atom. The van der Waals surface area contributed by atoms with Crippen molar-refractivity contribution in [3.05, 3.63) is 70.2 Å². The van der Waals surface area contributed by atoms with Crippen LogP contribution in [0.25, 0.3) is 11.3 Å². The Bertz CT molecular complexity index is 963. The topological polar surface area (TPSA) is 76.3 Å². The highest BCUT2D eigenvalue weighted by molar-refractivity contribution is 9.10. The lowest BCUT2D eigenvalue weighted by molar-refractivity contribution is 0.0573. The molecule has 0 fully saturated rings. The van der Waals surface area contributed by atoms with Gasteiger partial charge in [0.1, 0.15) is 10.3 Å². The number of benzene rings is 1. The van der Waals surface area contributed by atoms with Crippen molar-refractivity contribution in [3.63, 3.8) is 0 Å². The standard InChI is InChI=1S/C18H12BrN3O3/c1-10(22-17(23)12-4-2-3-5-13(12)18(22)24)15-9-14(21-25-15)11-6-7-20-16(19)8-11/h2-10H,1H3/t10-/m0/s1. The third kappa shape index (κ3) is 2.56. The molecule has 0 radical (unpaired) electrons. The SMILES string of the molecule is C[C@@H](c1cc(-c2ccnc(Br)c2)no1)N1C(=O)c2ccccc2C1=O. The van der Waals surface area contributed by atoms with E-state index in [-0.39, 0.29) is 11.8 Å². The van der Waals surface area contributed by atoms with Gasteiger partial charge in [-0.15, -0.1) is 0 Å². The van der Waals surface area contributed by atoms with Crippen LogP contribution in [0.15, 0.2) is 57.8 Å². The molecule has 0 aliphatic carbocycles. The van der Waals surface area contributed by atoms with E-state index in [9.17, 15) is 9.59 Å². The summed E-state index contributed by atoms with van der Waals surface area (Å²) in [5.74, 6) is -0.201. The molecule has 0 saturated carbocycles. The lowest BCUT2D eigenvalue weighted by atomic mass is 10.1. The molecule has 1 aliphatic heterocycles. The van der Waals surface area contributed by atoms with Gasteiger partial charge in [-0.2, -0.15) is 0 Å². The zero-order chi connectivity index (χ0) is 17.6. The number of rotatable bonds is 3. The number of aromatic nitrogens is 2. The first-order chi connectivity index (χ1) is 12.1. The van der Waals surface area contributed by atoms with Crippen molar-refractivity contribution in [2.24, 2.45) is 0 Å². The molecular weight excluding hydrogens is 386 g/mol. The number of fused-ring (bicyclic) bond motifs is 1. The first-order valence-corrected chi connectivity index (χ1v) is 8.41. The second-order valence-electron chi connectivity index (χ2n) is 5.68. The second-order valence-corrected chi connectivity index (χ2v) is 6.50. The molecule has 0 N–H and O–H groups in total. The number of imide groups is 1. The molecule has 1 atom stereocenters. The fraction of sp³-hybridized carbons (Fsp3) is 0.111. The number of amides is 2. The van der Waals surface area contributed by atoms with Crippen LogP contribution in [0.4, 0.5) is 0 Å². The Morgan fingerprint density at radius 2 is 1.76 bits per heavy atom. The molecule has 2 aromatic heterocycles. The van der Waals surface area contributed by atoms with Crippen LogP contribution < -0.4 is 0 Å². The number of nitrogens with zero attached hydrogens (tertiary/aromatic N) is 3. The minimum absolute atomic E-state index is 0.322. The highest BCUT2D eigenvalue weighted by Gasteiger charge is 2.39. The summed E-state index contributed by atoms with van der Waals surface area (Å²) < 4.78 is 6.08. The summed E-state index contributed by atoms with van der Waals surface area (Å²) in [5.41, 5.74) is 2.27. The smallest absolute Gasteiger partial charge is 0.262 e. The van der Waals surface area contributed by atoms with Crippen LogP contribution in [0.2, 0.25) is 0 Å². The van der Waals surface area contributed by atoms with E-state index in [1.165, 1.54) is 4.90 Å². The molecule has 124 valence electrons. The van der Waals surface area contributed by atoms with Gasteiger partial charge in [0, 0.05) is 17.8 Å². The normalized spacial score (nSPS) is 14.7. The maximum atomic E-state index is 12.6. The monoisotopic (exact) mass is 397 g/mol. The van der Waals surface area contributed by atoms with E-state index < -0.39 is 6.04 Å². The highest BCUT2D eigenvalue weighted by Crippen LogP contribution is 2.32. The van der Waals surface area contributed by atoms with E-state index in [2.05, 4.69) is 26.1 Å². The maximum absolute atomic E-state index is 12.6. The van der Waals surface area contributed by atoms with Crippen molar-refractivity contribution in [2.45, 2.75) is 13.0 Å². The minimum Gasteiger partial charge on any atom is -0.359 e. The van der Waals surface area contributed by atoms with E-state index in [0.717, 1.165) is 5.56 Å². The molecule has 25 heavy (non-hydrogen) atoms. The van der Waals surface area contributed by atoms with Crippen LogP contribution in [0.3, 0.4) is 0 Å². The Kier molecular flexibility index (Phi) is 3.73. The summed E-state index contributed by atoms with van der Waals surface area (Å²) in [7, 11) is 0. The number of carbonyl (C=O) groups excluding carboxylic acids is 2. The number of hydrogen-bond acceptors (Lipinski definition) is 5. The Labute approximate surface area is 151 Å². The van der Waals surface area contributed by atoms with Gasteiger partial charge >= 0.3 is 0 Å². The fourth-order valence-electron chi connectivity index (χ4n) is 2.87. The Morgan fingerprint density at radius 3 is 2.40 bits per heavy atom. The summed E-state index contributed by atoms with van der Waals surface area (Å²) >= 11 is 3.31. The predicted octanol–water partition coefficient (Wildman–Crippen LogP) is 3.86. The molecular formula is C18H12BrN3O3. The fourth-order valence-corrected chi connectivity index (χ4v) is 3.24. The number of pyridine rings is 1. The van der Waals surface area contributed by atoms with Crippen molar-refractivity contribution in [2.75, 3.05) is 0 Å². The lowest BCUT2D eigenvalue weighted by Gasteiger charge is -2.19. The van der Waals surface area contributed by atoms with Crippen LogP contribution in [-0.2, 0) is 0 Å². The van der Waals surface area contributed by atoms with Gasteiger partial charge < -0.3 is 4.52 Å². The van der Waals surface area contributed by atoms with Crippen LogP contribution in [0.5, 0.6) is 0 Å². The molecule has 0 unspecified atom stereocenters. The number of hydrogen-bond donors (Lipinski definition) is 0. The van der Waals surface area contributed by atoms with Crippen molar-refractivity contribution in [1.82, 2.24) is 15.0 Å². The van der Waals surface area contributed by atoms with Gasteiger partial charge in [0.25, 0.3) is 11.8 Å². The molecule has 4 rings (SSSR count). The third-order valence-corrected chi connectivity index (χ3v) is 4.61. The molecule has 7 heteroatoms. The Balaban J connectivity index is 1.66. The van der Waals surface area contributed by atoms with E-state index in [0.29, 0.717) is 27.2 Å². The zero-order valence-electron chi connectivity index (χ0n) is 13.1. The van der Waals surface area contributed by atoms with Gasteiger partial charge in [-0.25, -0.2) is 4.98 Å². The first kappa shape index (κ1) is 15.7. The maximum Gasteiger partial charge on any atom is 0.262 e. The minimum atomic E-state index is -0.557. The van der Waals surface area contributed by atoms with Crippen LogP contribution in [0.1, 0.15) is 39.4 Å². The summed E-state index contributed by atoms with van der Waals surface area (Å²) in [6.45, 7) is 1.74. The number of carbonyl (C=O) groups is 2. The third-order valence-electron chi connectivity index (χ3n) is 4.18. The summed E-state index contributed by atoms with van der Waals surface area (Å²) in [6.07, 6.45) is 1.65. The van der Waals surface area contributed by atoms with Crippen LogP contribution >= 0.6 is 15.9 Å². The van der Waals surface area contributed by atoms with E-state index >= 15 is 0 Å². The molecule has 0 bridgehead atoms. The predicted molar refractivity (Wildman–Crippen MR) is 92.8 cm³/mol. The van der Waals surface area contributed by atoms with Gasteiger partial charge in [-0.1, -0.05) is 17.3 Å². The van der Waals surface area contributed by atoms with Crippen LogP contribution in [-0.4, -0.2) is 26.9 Å². The van der Waals surface area contributed by atoms with Gasteiger partial charge in [0.15, 0.2) is 5.76 Å². The van der Waals surface area contributed by atoms with Crippen molar-refractivity contribution in [3.8, 4) is 11.3 Å². The van der Waals surface area contributed by atoms with Gasteiger partial charge in [0.05, 0.1) is 17.2 Å². The molecule has 2 amide bonds. The average Bonchev–Trinajstić information content (AvgIpc) is 3.20. The second kappa shape index (κ2) is 5.93. The average molecular weight is 398 g/mol. The summed E-state index contributed by atoms with van der Waals surface area (Å²) in [5, 5.41) is 4.05. The molecule has 6 nitrogen and oxygen atoms in total. The molecule has 3 aromatic rings. The van der Waals surface area contributed by atoms with Gasteiger partial charge in [-0.05, 0) is 47.1 Å². The lowest BCUT2D eigenvalue weighted by Crippen LogP contribution is -2.32. The number of halogens is 1. The quantitative estimate of drug-likeness (QED) is 0.495.